The molecular formula is C14H15ClN2O2S. The van der Waals surface area contributed by atoms with Crippen molar-refractivity contribution >= 4 is 28.9 Å². The third-order valence-corrected chi connectivity index (χ3v) is 4.27. The monoisotopic (exact) mass is 310 g/mol. The van der Waals surface area contributed by atoms with Crippen molar-refractivity contribution in [3.63, 3.8) is 0 Å². The Morgan fingerprint density at radius 3 is 2.75 bits per heavy atom. The van der Waals surface area contributed by atoms with E-state index in [0.29, 0.717) is 11.6 Å². The number of carbonyl (C=O) groups is 1. The number of aromatic carboxylic acids is 1. The van der Waals surface area contributed by atoms with E-state index >= 15 is 0 Å². The van der Waals surface area contributed by atoms with Crippen LogP contribution < -0.4 is 0 Å². The molecule has 1 heterocycles. The van der Waals surface area contributed by atoms with Crippen LogP contribution in [0.3, 0.4) is 0 Å². The molecule has 0 aliphatic carbocycles. The Morgan fingerprint density at radius 2 is 2.20 bits per heavy atom. The molecule has 0 aliphatic rings. The van der Waals surface area contributed by atoms with Crippen molar-refractivity contribution in [3.8, 4) is 0 Å². The van der Waals surface area contributed by atoms with Gasteiger partial charge in [-0.15, -0.1) is 11.3 Å². The summed E-state index contributed by atoms with van der Waals surface area (Å²) in [6.45, 7) is 3.46. The van der Waals surface area contributed by atoms with Crippen molar-refractivity contribution in [2.45, 2.75) is 20.0 Å². The fourth-order valence-electron chi connectivity index (χ4n) is 1.88. The molecule has 0 unspecified atom stereocenters. The molecule has 0 amide bonds. The Hall–Kier alpha value is -1.43. The predicted molar refractivity (Wildman–Crippen MR) is 80.4 cm³/mol. The number of thiazole rings is 1. The van der Waals surface area contributed by atoms with E-state index in [2.05, 4.69) is 9.88 Å². The number of aryl methyl sites for hydroxylation is 1. The van der Waals surface area contributed by atoms with Gasteiger partial charge in [-0.05, 0) is 31.7 Å². The highest BCUT2D eigenvalue weighted by Crippen LogP contribution is 2.21. The van der Waals surface area contributed by atoms with Crippen molar-refractivity contribution in [1.29, 1.82) is 0 Å². The maximum Gasteiger partial charge on any atom is 0.335 e. The number of carboxylic acid groups (broad SMARTS) is 1. The standard InChI is InChI=1S/C14H15ClN2O2S/c1-9-13(20-8-16-9)7-17(2)6-11-4-3-10(14(18)19)5-12(11)15/h3-5,8H,6-7H2,1-2H3,(H,18,19). The van der Waals surface area contributed by atoms with Gasteiger partial charge < -0.3 is 5.11 Å². The van der Waals surface area contributed by atoms with Crippen LogP contribution in [0.15, 0.2) is 23.7 Å². The number of benzene rings is 1. The van der Waals surface area contributed by atoms with Crippen LogP contribution in [0.25, 0.3) is 0 Å². The first-order valence-electron chi connectivity index (χ1n) is 6.06. The molecule has 1 aromatic carbocycles. The van der Waals surface area contributed by atoms with Gasteiger partial charge >= 0.3 is 5.97 Å². The fraction of sp³-hybridized carbons (Fsp3) is 0.286. The number of hydrogen-bond acceptors (Lipinski definition) is 4. The number of halogens is 1. The maximum atomic E-state index is 10.9. The SMILES string of the molecule is Cc1ncsc1CN(C)Cc1ccc(C(=O)O)cc1Cl. The van der Waals surface area contributed by atoms with Crippen molar-refractivity contribution in [2.75, 3.05) is 7.05 Å². The average Bonchev–Trinajstić information content (AvgIpc) is 2.77. The van der Waals surface area contributed by atoms with Crippen molar-refractivity contribution in [2.24, 2.45) is 0 Å². The van der Waals surface area contributed by atoms with Gasteiger partial charge in [-0.1, -0.05) is 17.7 Å². The van der Waals surface area contributed by atoms with Gasteiger partial charge in [0.25, 0.3) is 0 Å². The minimum absolute atomic E-state index is 0.208. The Bertz CT molecular complexity index is 627. The van der Waals surface area contributed by atoms with Gasteiger partial charge in [-0.2, -0.15) is 0 Å². The number of hydrogen-bond donors (Lipinski definition) is 1. The first kappa shape index (κ1) is 15.0. The molecule has 0 bridgehead atoms. The summed E-state index contributed by atoms with van der Waals surface area (Å²) in [5, 5.41) is 9.39. The minimum atomic E-state index is -0.966. The molecule has 0 radical (unpaired) electrons. The first-order chi connectivity index (χ1) is 9.47. The van der Waals surface area contributed by atoms with Crippen LogP contribution in [0.4, 0.5) is 0 Å². The largest absolute Gasteiger partial charge is 0.478 e. The summed E-state index contributed by atoms with van der Waals surface area (Å²) in [6.07, 6.45) is 0. The highest BCUT2D eigenvalue weighted by molar-refractivity contribution is 7.09. The normalized spacial score (nSPS) is 11.0. The van der Waals surface area contributed by atoms with Crippen LogP contribution in [0.2, 0.25) is 5.02 Å². The molecule has 0 atom stereocenters. The lowest BCUT2D eigenvalue weighted by molar-refractivity contribution is 0.0697. The molecule has 2 rings (SSSR count). The zero-order valence-electron chi connectivity index (χ0n) is 11.3. The second-order valence-corrected chi connectivity index (χ2v) is 5.99. The zero-order chi connectivity index (χ0) is 14.7. The molecule has 0 spiro atoms. The van der Waals surface area contributed by atoms with Crippen LogP contribution >= 0.6 is 22.9 Å². The topological polar surface area (TPSA) is 53.4 Å². The summed E-state index contributed by atoms with van der Waals surface area (Å²) >= 11 is 7.77. The van der Waals surface area contributed by atoms with E-state index in [1.165, 1.54) is 10.9 Å². The Labute approximate surface area is 126 Å². The highest BCUT2D eigenvalue weighted by atomic mass is 35.5. The molecule has 6 heteroatoms. The summed E-state index contributed by atoms with van der Waals surface area (Å²) in [6, 6.07) is 4.84. The Morgan fingerprint density at radius 1 is 1.45 bits per heavy atom. The molecule has 0 saturated heterocycles. The molecule has 106 valence electrons. The molecule has 0 fully saturated rings. The van der Waals surface area contributed by atoms with E-state index in [4.69, 9.17) is 16.7 Å². The fourth-order valence-corrected chi connectivity index (χ4v) is 2.97. The van der Waals surface area contributed by atoms with E-state index in [0.717, 1.165) is 17.8 Å². The summed E-state index contributed by atoms with van der Waals surface area (Å²) in [5.74, 6) is -0.966. The first-order valence-corrected chi connectivity index (χ1v) is 7.32. The molecular weight excluding hydrogens is 296 g/mol. The van der Waals surface area contributed by atoms with Gasteiger partial charge in [-0.25, -0.2) is 9.78 Å². The predicted octanol–water partition coefficient (Wildman–Crippen LogP) is 3.44. The van der Waals surface area contributed by atoms with Crippen LogP contribution in [0.5, 0.6) is 0 Å². The maximum absolute atomic E-state index is 10.9. The van der Waals surface area contributed by atoms with Crippen LogP contribution in [-0.2, 0) is 13.1 Å². The number of rotatable bonds is 5. The van der Waals surface area contributed by atoms with Gasteiger partial charge in [-0.3, -0.25) is 4.90 Å². The Balaban J connectivity index is 2.06. The lowest BCUT2D eigenvalue weighted by Gasteiger charge is -2.17. The van der Waals surface area contributed by atoms with Crippen molar-refractivity contribution in [1.82, 2.24) is 9.88 Å². The minimum Gasteiger partial charge on any atom is -0.478 e. The van der Waals surface area contributed by atoms with Crippen molar-refractivity contribution < 1.29 is 9.90 Å². The van der Waals surface area contributed by atoms with Gasteiger partial charge in [0.2, 0.25) is 0 Å². The summed E-state index contributed by atoms with van der Waals surface area (Å²) in [7, 11) is 2.00. The second kappa shape index (κ2) is 6.35. The van der Waals surface area contributed by atoms with E-state index in [-0.39, 0.29) is 5.56 Å². The van der Waals surface area contributed by atoms with Gasteiger partial charge in [0.05, 0.1) is 16.8 Å². The number of nitrogens with zero attached hydrogens (tertiary/aromatic N) is 2. The van der Waals surface area contributed by atoms with E-state index in [1.807, 2.05) is 19.5 Å². The third-order valence-electron chi connectivity index (χ3n) is 3.00. The molecule has 1 N–H and O–H groups in total. The van der Waals surface area contributed by atoms with Crippen LogP contribution in [0.1, 0.15) is 26.5 Å². The Kier molecular flexibility index (Phi) is 4.75. The molecule has 1 aromatic heterocycles. The van der Waals surface area contributed by atoms with Gasteiger partial charge in [0, 0.05) is 23.0 Å². The lowest BCUT2D eigenvalue weighted by atomic mass is 10.1. The zero-order valence-corrected chi connectivity index (χ0v) is 12.8. The summed E-state index contributed by atoms with van der Waals surface area (Å²) in [5.41, 5.74) is 4.02. The lowest BCUT2D eigenvalue weighted by Crippen LogP contribution is -2.17. The molecule has 20 heavy (non-hydrogen) atoms. The summed E-state index contributed by atoms with van der Waals surface area (Å²) in [4.78, 5) is 18.4. The molecule has 4 nitrogen and oxygen atoms in total. The third kappa shape index (κ3) is 3.56. The molecule has 2 aromatic rings. The van der Waals surface area contributed by atoms with Crippen LogP contribution in [-0.4, -0.2) is 28.0 Å². The average molecular weight is 311 g/mol. The molecule has 0 saturated carbocycles. The smallest absolute Gasteiger partial charge is 0.335 e. The van der Waals surface area contributed by atoms with Crippen molar-refractivity contribution in [3.05, 3.63) is 50.4 Å². The molecule has 0 aliphatic heterocycles. The second-order valence-electron chi connectivity index (χ2n) is 4.64. The van der Waals surface area contributed by atoms with E-state index < -0.39 is 5.97 Å². The van der Waals surface area contributed by atoms with Crippen LogP contribution in [0, 0.1) is 6.92 Å². The van der Waals surface area contributed by atoms with Gasteiger partial charge in [0.1, 0.15) is 0 Å². The van der Waals surface area contributed by atoms with E-state index in [1.54, 1.807) is 23.5 Å². The number of carboxylic acids is 1. The quantitative estimate of drug-likeness (QED) is 0.919. The van der Waals surface area contributed by atoms with Gasteiger partial charge in [0.15, 0.2) is 0 Å². The number of aromatic nitrogens is 1. The van der Waals surface area contributed by atoms with E-state index in [9.17, 15) is 4.79 Å². The highest BCUT2D eigenvalue weighted by Gasteiger charge is 2.10. The summed E-state index contributed by atoms with van der Waals surface area (Å²) < 4.78 is 0.